The van der Waals surface area contributed by atoms with Crippen LogP contribution in [0.25, 0.3) is 0 Å². The highest BCUT2D eigenvalue weighted by Gasteiger charge is 2.40. The van der Waals surface area contributed by atoms with Gasteiger partial charge in [-0.3, -0.25) is 0 Å². The maximum absolute atomic E-state index is 11.8. The first kappa shape index (κ1) is 23.8. The molecular formula is C22H30N4O5S. The molecule has 1 amide bonds. The third kappa shape index (κ3) is 6.33. The number of anilines is 1. The van der Waals surface area contributed by atoms with Crippen LogP contribution in [-0.4, -0.2) is 48.1 Å². The molecule has 1 fully saturated rings. The second kappa shape index (κ2) is 9.74. The number of aromatic nitrogens is 1. The van der Waals surface area contributed by atoms with Crippen molar-refractivity contribution in [3.05, 3.63) is 48.0 Å². The van der Waals surface area contributed by atoms with E-state index in [1.54, 1.807) is 6.07 Å². The molecule has 0 spiro atoms. The number of pyridine rings is 1. The highest BCUT2D eigenvalue weighted by Crippen LogP contribution is 2.34. The smallest absolute Gasteiger partial charge is 0.407 e. The maximum atomic E-state index is 11.8. The number of carboxylic acid groups (broad SMARTS) is 1. The third-order valence-electron chi connectivity index (χ3n) is 5.60. The van der Waals surface area contributed by atoms with E-state index in [1.807, 2.05) is 44.2 Å². The van der Waals surface area contributed by atoms with Gasteiger partial charge in [-0.05, 0) is 44.6 Å². The lowest BCUT2D eigenvalue weighted by atomic mass is 9.93. The van der Waals surface area contributed by atoms with Crippen molar-refractivity contribution in [2.45, 2.75) is 50.3 Å². The predicted octanol–water partition coefficient (Wildman–Crippen LogP) is 3.28. The SMILES string of the molecule is CC1(C)CC(CCCNc2cc(OCc3ccccc3)cc(S(N)(=O)=O)n2)CN1C(=O)O. The van der Waals surface area contributed by atoms with E-state index < -0.39 is 16.1 Å². The zero-order valence-electron chi connectivity index (χ0n) is 18.3. The molecule has 0 bridgehead atoms. The average molecular weight is 463 g/mol. The second-order valence-corrected chi connectivity index (χ2v) is 10.2. The van der Waals surface area contributed by atoms with E-state index in [-0.39, 0.29) is 23.1 Å². The molecule has 1 aromatic carbocycles. The van der Waals surface area contributed by atoms with E-state index in [0.717, 1.165) is 24.8 Å². The van der Waals surface area contributed by atoms with Gasteiger partial charge in [0.2, 0.25) is 0 Å². The summed E-state index contributed by atoms with van der Waals surface area (Å²) in [6.07, 6.45) is 1.57. The molecule has 1 aliphatic heterocycles. The number of primary sulfonamides is 1. The van der Waals surface area contributed by atoms with Crippen LogP contribution in [-0.2, 0) is 16.6 Å². The van der Waals surface area contributed by atoms with Gasteiger partial charge in [0, 0.05) is 30.8 Å². The van der Waals surface area contributed by atoms with E-state index >= 15 is 0 Å². The van der Waals surface area contributed by atoms with Crippen molar-refractivity contribution >= 4 is 21.9 Å². The molecule has 1 atom stereocenters. The number of likely N-dealkylation sites (tertiary alicyclic amines) is 1. The van der Waals surface area contributed by atoms with Crippen LogP contribution in [0.15, 0.2) is 47.5 Å². The van der Waals surface area contributed by atoms with Crippen molar-refractivity contribution < 1.29 is 23.1 Å². The summed E-state index contributed by atoms with van der Waals surface area (Å²) in [5, 5.41) is 17.5. The van der Waals surface area contributed by atoms with E-state index in [9.17, 15) is 18.3 Å². The molecule has 1 unspecified atom stereocenters. The highest BCUT2D eigenvalue weighted by molar-refractivity contribution is 7.89. The molecule has 0 saturated carbocycles. The van der Waals surface area contributed by atoms with Crippen molar-refractivity contribution in [3.8, 4) is 5.75 Å². The Labute approximate surface area is 188 Å². The summed E-state index contributed by atoms with van der Waals surface area (Å²) in [5.74, 6) is 1.000. The largest absolute Gasteiger partial charge is 0.489 e. The number of hydrogen-bond donors (Lipinski definition) is 3. The average Bonchev–Trinajstić information content (AvgIpc) is 3.04. The van der Waals surface area contributed by atoms with Gasteiger partial charge in [-0.1, -0.05) is 30.3 Å². The Kier molecular flexibility index (Phi) is 7.25. The van der Waals surface area contributed by atoms with E-state index in [1.165, 1.54) is 11.0 Å². The number of amides is 1. The van der Waals surface area contributed by atoms with Crippen molar-refractivity contribution in [3.63, 3.8) is 0 Å². The van der Waals surface area contributed by atoms with E-state index in [2.05, 4.69) is 10.3 Å². The summed E-state index contributed by atoms with van der Waals surface area (Å²) in [6.45, 7) is 5.26. The minimum atomic E-state index is -3.99. The number of benzene rings is 1. The minimum Gasteiger partial charge on any atom is -0.489 e. The molecule has 3 rings (SSSR count). The summed E-state index contributed by atoms with van der Waals surface area (Å²) in [6, 6.07) is 12.5. The molecule has 0 radical (unpaired) electrons. The summed E-state index contributed by atoms with van der Waals surface area (Å²) >= 11 is 0. The summed E-state index contributed by atoms with van der Waals surface area (Å²) < 4.78 is 29.4. The van der Waals surface area contributed by atoms with E-state index in [0.29, 0.717) is 24.7 Å². The quantitative estimate of drug-likeness (QED) is 0.487. The van der Waals surface area contributed by atoms with Crippen LogP contribution in [0, 0.1) is 5.92 Å². The molecule has 1 aromatic heterocycles. The lowest BCUT2D eigenvalue weighted by Gasteiger charge is -2.28. The third-order valence-corrected chi connectivity index (χ3v) is 6.39. The predicted molar refractivity (Wildman–Crippen MR) is 121 cm³/mol. The first-order valence-corrected chi connectivity index (χ1v) is 12.1. The van der Waals surface area contributed by atoms with Crippen LogP contribution in [0.3, 0.4) is 0 Å². The monoisotopic (exact) mass is 462 g/mol. The lowest BCUT2D eigenvalue weighted by Crippen LogP contribution is -2.41. The molecule has 4 N–H and O–H groups in total. The van der Waals surface area contributed by atoms with Crippen LogP contribution >= 0.6 is 0 Å². The number of nitrogens with one attached hydrogen (secondary N) is 1. The fourth-order valence-corrected chi connectivity index (χ4v) is 4.57. The first-order chi connectivity index (χ1) is 15.0. The van der Waals surface area contributed by atoms with Gasteiger partial charge < -0.3 is 20.1 Å². The zero-order chi connectivity index (χ0) is 23.4. The van der Waals surface area contributed by atoms with Crippen LogP contribution in [0.1, 0.15) is 38.7 Å². The fourth-order valence-electron chi connectivity index (χ4n) is 4.07. The Morgan fingerprint density at radius 3 is 2.66 bits per heavy atom. The molecule has 2 heterocycles. The van der Waals surface area contributed by atoms with Gasteiger partial charge in [0.15, 0.2) is 5.03 Å². The minimum absolute atomic E-state index is 0.264. The number of nitrogens with two attached hydrogens (primary N) is 1. The van der Waals surface area contributed by atoms with Gasteiger partial charge >= 0.3 is 6.09 Å². The number of rotatable bonds is 9. The maximum Gasteiger partial charge on any atom is 0.407 e. The van der Waals surface area contributed by atoms with Crippen LogP contribution in [0.2, 0.25) is 0 Å². The van der Waals surface area contributed by atoms with E-state index in [4.69, 9.17) is 9.88 Å². The summed E-state index contributed by atoms with van der Waals surface area (Å²) in [7, 11) is -3.99. The molecule has 9 nitrogen and oxygen atoms in total. The van der Waals surface area contributed by atoms with Gasteiger partial charge in [0.1, 0.15) is 18.2 Å². The fraction of sp³-hybridized carbons (Fsp3) is 0.455. The molecule has 1 saturated heterocycles. The summed E-state index contributed by atoms with van der Waals surface area (Å²) in [5.41, 5.74) is 0.589. The topological polar surface area (TPSA) is 135 Å². The zero-order valence-corrected chi connectivity index (χ0v) is 19.1. The lowest BCUT2D eigenvalue weighted by molar-refractivity contribution is 0.117. The van der Waals surface area contributed by atoms with Gasteiger partial charge in [-0.15, -0.1) is 0 Å². The molecule has 174 valence electrons. The Morgan fingerprint density at radius 1 is 1.31 bits per heavy atom. The highest BCUT2D eigenvalue weighted by atomic mass is 32.2. The molecular weight excluding hydrogens is 432 g/mol. The number of sulfonamides is 1. The van der Waals surface area contributed by atoms with Crippen molar-refractivity contribution in [2.24, 2.45) is 11.1 Å². The Hall–Kier alpha value is -2.85. The Morgan fingerprint density at radius 2 is 2.03 bits per heavy atom. The summed E-state index contributed by atoms with van der Waals surface area (Å²) in [4.78, 5) is 17.0. The van der Waals surface area contributed by atoms with Crippen LogP contribution in [0.4, 0.5) is 10.6 Å². The van der Waals surface area contributed by atoms with Gasteiger partial charge in [-0.25, -0.2) is 23.3 Å². The molecule has 32 heavy (non-hydrogen) atoms. The Bertz CT molecular complexity index is 1040. The van der Waals surface area contributed by atoms with Crippen LogP contribution in [0.5, 0.6) is 5.75 Å². The normalized spacial score (nSPS) is 17.8. The van der Waals surface area contributed by atoms with Gasteiger partial charge in [0.25, 0.3) is 10.0 Å². The van der Waals surface area contributed by atoms with Crippen molar-refractivity contribution in [1.82, 2.24) is 9.88 Å². The number of nitrogens with zero attached hydrogens (tertiary/aromatic N) is 2. The van der Waals surface area contributed by atoms with Crippen LogP contribution < -0.4 is 15.2 Å². The van der Waals surface area contributed by atoms with Gasteiger partial charge in [-0.2, -0.15) is 0 Å². The molecule has 1 aliphatic rings. The molecule has 0 aliphatic carbocycles. The number of ether oxygens (including phenoxy) is 1. The number of carbonyl (C=O) groups is 1. The van der Waals surface area contributed by atoms with Gasteiger partial charge in [0.05, 0.1) is 0 Å². The first-order valence-electron chi connectivity index (χ1n) is 10.5. The Balaban J connectivity index is 1.59. The van der Waals surface area contributed by atoms with Crippen molar-refractivity contribution in [1.29, 1.82) is 0 Å². The standard InChI is InChI=1S/C22H30N4O5S/c1-22(2)13-17(14-26(22)21(27)28)9-6-10-24-19-11-18(12-20(25-19)32(23,29)30)31-15-16-7-4-3-5-8-16/h3-5,7-8,11-12,17H,6,9-10,13-15H2,1-2H3,(H,24,25)(H,27,28)(H2,23,29,30). The molecule has 10 heteroatoms. The molecule has 2 aromatic rings. The number of hydrogen-bond acceptors (Lipinski definition) is 6. The van der Waals surface area contributed by atoms with Crippen molar-refractivity contribution in [2.75, 3.05) is 18.4 Å². The second-order valence-electron chi connectivity index (χ2n) is 8.69.